The largest absolute Gasteiger partial charge is 0.400 e. The summed E-state index contributed by atoms with van der Waals surface area (Å²) in [5, 5.41) is 0. The molecule has 1 amide bonds. The van der Waals surface area contributed by atoms with Crippen LogP contribution in [0.4, 0.5) is 13.2 Å². The average Bonchev–Trinajstić information content (AvgIpc) is 2.14. The number of unbranched alkanes of at least 4 members (excludes halogenated alkanes) is 3. The van der Waals surface area contributed by atoms with E-state index >= 15 is 0 Å². The van der Waals surface area contributed by atoms with Crippen LogP contribution in [0.25, 0.3) is 0 Å². The Morgan fingerprint density at radius 3 is 2.12 bits per heavy atom. The van der Waals surface area contributed by atoms with Gasteiger partial charge in [-0.1, -0.05) is 32.6 Å². The van der Waals surface area contributed by atoms with Crippen molar-refractivity contribution >= 4 is 5.91 Å². The molecule has 96 valence electrons. The third-order valence-electron chi connectivity index (χ3n) is 2.48. The topological polar surface area (TPSA) is 20.3 Å². The van der Waals surface area contributed by atoms with E-state index in [2.05, 4.69) is 0 Å². The van der Waals surface area contributed by atoms with E-state index in [1.807, 2.05) is 6.92 Å². The van der Waals surface area contributed by atoms with E-state index in [-0.39, 0.29) is 6.42 Å². The minimum absolute atomic E-state index is 0.0967. The number of halogens is 3. The minimum atomic E-state index is -4.42. The van der Waals surface area contributed by atoms with Gasteiger partial charge in [-0.25, -0.2) is 0 Å². The van der Waals surface area contributed by atoms with E-state index in [0.717, 1.165) is 24.2 Å². The maximum Gasteiger partial charge on any atom is 0.400 e. The molecule has 1 atom stereocenters. The van der Waals surface area contributed by atoms with E-state index in [9.17, 15) is 18.0 Å². The molecular weight excluding hydrogens is 219 g/mol. The van der Waals surface area contributed by atoms with Crippen molar-refractivity contribution in [1.29, 1.82) is 0 Å². The number of carbonyl (C=O) groups excluding carboxylic acids is 1. The SMILES string of the molecule is CCCCCCC(C(=O)N(C)C)C(F)(F)F. The number of hydrogen-bond donors (Lipinski definition) is 0. The first kappa shape index (κ1) is 15.3. The van der Waals surface area contributed by atoms with Gasteiger partial charge in [-0.3, -0.25) is 4.79 Å². The van der Waals surface area contributed by atoms with Crippen LogP contribution in [-0.2, 0) is 4.79 Å². The molecule has 0 saturated heterocycles. The lowest BCUT2D eigenvalue weighted by Crippen LogP contribution is -2.38. The third-order valence-corrected chi connectivity index (χ3v) is 2.48. The van der Waals surface area contributed by atoms with Crippen molar-refractivity contribution in [3.8, 4) is 0 Å². The Kier molecular flexibility index (Phi) is 6.45. The lowest BCUT2D eigenvalue weighted by Gasteiger charge is -2.22. The fourth-order valence-corrected chi connectivity index (χ4v) is 1.51. The van der Waals surface area contributed by atoms with Crippen LogP contribution in [-0.4, -0.2) is 31.1 Å². The van der Waals surface area contributed by atoms with Crippen molar-refractivity contribution < 1.29 is 18.0 Å². The Labute approximate surface area is 94.8 Å². The van der Waals surface area contributed by atoms with Crippen LogP contribution >= 0.6 is 0 Å². The summed E-state index contributed by atoms with van der Waals surface area (Å²) in [6.07, 6.45) is -1.42. The highest BCUT2D eigenvalue weighted by atomic mass is 19.4. The smallest absolute Gasteiger partial charge is 0.348 e. The molecule has 0 radical (unpaired) electrons. The molecule has 0 aliphatic heterocycles. The summed E-state index contributed by atoms with van der Waals surface area (Å²) in [6.45, 7) is 1.99. The number of nitrogens with zero attached hydrogens (tertiary/aromatic N) is 1. The maximum absolute atomic E-state index is 12.6. The first-order valence-electron chi connectivity index (χ1n) is 5.58. The number of alkyl halides is 3. The molecule has 2 nitrogen and oxygen atoms in total. The van der Waals surface area contributed by atoms with Crippen molar-refractivity contribution in [2.45, 2.75) is 45.2 Å². The van der Waals surface area contributed by atoms with Gasteiger partial charge in [0.25, 0.3) is 0 Å². The normalized spacial score (nSPS) is 13.6. The second kappa shape index (κ2) is 6.76. The molecule has 16 heavy (non-hydrogen) atoms. The summed E-state index contributed by atoms with van der Waals surface area (Å²) in [5.41, 5.74) is 0. The molecule has 0 saturated carbocycles. The Balaban J connectivity index is 4.29. The monoisotopic (exact) mass is 239 g/mol. The fourth-order valence-electron chi connectivity index (χ4n) is 1.51. The summed E-state index contributed by atoms with van der Waals surface area (Å²) >= 11 is 0. The lowest BCUT2D eigenvalue weighted by atomic mass is 9.99. The molecule has 0 aromatic carbocycles. The Morgan fingerprint density at radius 1 is 1.19 bits per heavy atom. The molecule has 0 aliphatic rings. The molecule has 0 aromatic heterocycles. The van der Waals surface area contributed by atoms with Gasteiger partial charge >= 0.3 is 6.18 Å². The number of rotatable bonds is 6. The van der Waals surface area contributed by atoms with Gasteiger partial charge in [-0.05, 0) is 6.42 Å². The van der Waals surface area contributed by atoms with Crippen molar-refractivity contribution in [2.24, 2.45) is 5.92 Å². The summed E-state index contributed by atoms with van der Waals surface area (Å²) in [7, 11) is 2.71. The first-order valence-corrected chi connectivity index (χ1v) is 5.58. The predicted octanol–water partition coefficient (Wildman–Crippen LogP) is 3.22. The molecule has 0 rings (SSSR count). The Bertz CT molecular complexity index is 214. The van der Waals surface area contributed by atoms with Gasteiger partial charge in [0.15, 0.2) is 0 Å². The highest BCUT2D eigenvalue weighted by Gasteiger charge is 2.44. The van der Waals surface area contributed by atoms with Crippen LogP contribution in [0.1, 0.15) is 39.0 Å². The zero-order chi connectivity index (χ0) is 12.8. The van der Waals surface area contributed by atoms with Crippen LogP contribution in [0, 0.1) is 5.92 Å². The number of amides is 1. The molecule has 5 heteroatoms. The summed E-state index contributed by atoms with van der Waals surface area (Å²) < 4.78 is 37.8. The maximum atomic E-state index is 12.6. The van der Waals surface area contributed by atoms with Crippen LogP contribution in [0.5, 0.6) is 0 Å². The van der Waals surface area contributed by atoms with Crippen molar-refractivity contribution in [3.05, 3.63) is 0 Å². The second-order valence-electron chi connectivity index (χ2n) is 4.18. The molecule has 1 unspecified atom stereocenters. The molecule has 0 aromatic rings. The van der Waals surface area contributed by atoms with Gasteiger partial charge in [0, 0.05) is 14.1 Å². The quantitative estimate of drug-likeness (QED) is 0.652. The molecule has 0 bridgehead atoms. The van der Waals surface area contributed by atoms with Crippen LogP contribution in [0.3, 0.4) is 0 Å². The molecule has 0 spiro atoms. The Hall–Kier alpha value is -0.740. The summed E-state index contributed by atoms with van der Waals surface area (Å²) in [6, 6.07) is 0. The third kappa shape index (κ3) is 5.37. The molecular formula is C11H20F3NO. The van der Waals surface area contributed by atoms with E-state index < -0.39 is 18.0 Å². The van der Waals surface area contributed by atoms with Gasteiger partial charge in [-0.2, -0.15) is 13.2 Å². The fraction of sp³-hybridized carbons (Fsp3) is 0.909. The van der Waals surface area contributed by atoms with Crippen LogP contribution in [0.2, 0.25) is 0 Å². The summed E-state index contributed by atoms with van der Waals surface area (Å²) in [5.74, 6) is -2.68. The van der Waals surface area contributed by atoms with Crippen molar-refractivity contribution in [2.75, 3.05) is 14.1 Å². The zero-order valence-electron chi connectivity index (χ0n) is 10.1. The van der Waals surface area contributed by atoms with E-state index in [1.165, 1.54) is 14.1 Å². The first-order chi connectivity index (χ1) is 7.30. The van der Waals surface area contributed by atoms with Crippen LogP contribution < -0.4 is 0 Å². The minimum Gasteiger partial charge on any atom is -0.348 e. The average molecular weight is 239 g/mol. The van der Waals surface area contributed by atoms with Crippen molar-refractivity contribution in [3.63, 3.8) is 0 Å². The van der Waals surface area contributed by atoms with Gasteiger partial charge in [-0.15, -0.1) is 0 Å². The highest BCUT2D eigenvalue weighted by Crippen LogP contribution is 2.31. The van der Waals surface area contributed by atoms with Crippen molar-refractivity contribution in [1.82, 2.24) is 4.90 Å². The molecule has 0 heterocycles. The molecule has 0 fully saturated rings. The summed E-state index contributed by atoms with van der Waals surface area (Å²) in [4.78, 5) is 12.4. The number of carbonyl (C=O) groups is 1. The van der Waals surface area contributed by atoms with E-state index in [4.69, 9.17) is 0 Å². The molecule has 0 N–H and O–H groups in total. The highest BCUT2D eigenvalue weighted by molar-refractivity contribution is 5.79. The zero-order valence-corrected chi connectivity index (χ0v) is 10.1. The van der Waals surface area contributed by atoms with Gasteiger partial charge in [0.1, 0.15) is 5.92 Å². The Morgan fingerprint density at radius 2 is 1.75 bits per heavy atom. The van der Waals surface area contributed by atoms with Gasteiger partial charge in [0.05, 0.1) is 0 Å². The number of hydrogen-bond acceptors (Lipinski definition) is 1. The standard InChI is InChI=1S/C11H20F3NO/c1-4-5-6-7-8-9(11(12,13)14)10(16)15(2)3/h9H,4-8H2,1-3H3. The van der Waals surface area contributed by atoms with Gasteiger partial charge in [0.2, 0.25) is 5.91 Å². The second-order valence-corrected chi connectivity index (χ2v) is 4.18. The lowest BCUT2D eigenvalue weighted by molar-refractivity contribution is -0.189. The van der Waals surface area contributed by atoms with E-state index in [1.54, 1.807) is 0 Å². The van der Waals surface area contributed by atoms with Gasteiger partial charge < -0.3 is 4.90 Å². The molecule has 0 aliphatic carbocycles. The van der Waals surface area contributed by atoms with E-state index in [0.29, 0.717) is 6.42 Å². The predicted molar refractivity (Wildman–Crippen MR) is 57.0 cm³/mol. The van der Waals surface area contributed by atoms with Crippen LogP contribution in [0.15, 0.2) is 0 Å².